The van der Waals surface area contributed by atoms with E-state index in [1.165, 1.54) is 24.8 Å². The summed E-state index contributed by atoms with van der Waals surface area (Å²) in [6, 6.07) is 12.1. The van der Waals surface area contributed by atoms with E-state index in [9.17, 15) is 13.6 Å². The lowest BCUT2D eigenvalue weighted by Crippen LogP contribution is -2.38. The van der Waals surface area contributed by atoms with Crippen molar-refractivity contribution < 1.29 is 18.3 Å². The van der Waals surface area contributed by atoms with Crippen LogP contribution in [-0.4, -0.2) is 65.7 Å². The summed E-state index contributed by atoms with van der Waals surface area (Å²) in [6.45, 7) is 5.83. The number of fused-ring (bicyclic) bond motifs is 1. The smallest absolute Gasteiger partial charge is 0.251 e. The van der Waals surface area contributed by atoms with E-state index in [0.29, 0.717) is 36.1 Å². The Morgan fingerprint density at radius 1 is 1.11 bits per heavy atom. The predicted octanol–water partition coefficient (Wildman–Crippen LogP) is 5.32. The summed E-state index contributed by atoms with van der Waals surface area (Å²) in [6.07, 6.45) is 9.78. The lowest BCUT2D eigenvalue weighted by molar-refractivity contribution is 0.0934. The fourth-order valence-electron chi connectivity index (χ4n) is 6.15. The quantitative estimate of drug-likeness (QED) is 0.339. The second-order valence-corrected chi connectivity index (χ2v) is 11.5. The normalized spacial score (nSPS) is 18.3. The summed E-state index contributed by atoms with van der Waals surface area (Å²) >= 11 is 0. The summed E-state index contributed by atoms with van der Waals surface area (Å²) in [5.41, 5.74) is 3.73. The maximum absolute atomic E-state index is 14.9. The highest BCUT2D eigenvalue weighted by Gasteiger charge is 2.35. The summed E-state index contributed by atoms with van der Waals surface area (Å²) in [5.74, 6) is -0.714. The number of hydrogen-bond donors (Lipinski definition) is 2. The highest BCUT2D eigenvalue weighted by atomic mass is 19.2. The number of benzene rings is 2. The van der Waals surface area contributed by atoms with Crippen LogP contribution in [0.15, 0.2) is 77.2 Å². The first kappa shape index (κ1) is 30.4. The van der Waals surface area contributed by atoms with Gasteiger partial charge in [-0.1, -0.05) is 19.1 Å². The van der Waals surface area contributed by atoms with Crippen molar-refractivity contribution in [2.75, 3.05) is 38.6 Å². The fourth-order valence-corrected chi connectivity index (χ4v) is 6.15. The molecule has 0 bridgehead atoms. The number of aliphatic imine (C=N–C) groups is 2. The molecule has 1 unspecified atom stereocenters. The maximum Gasteiger partial charge on any atom is 0.251 e. The number of piperidine rings is 1. The number of anilines is 1. The number of rotatable bonds is 9. The van der Waals surface area contributed by atoms with Gasteiger partial charge in [0.1, 0.15) is 0 Å². The number of aryl methyl sites for hydroxylation is 1. The third kappa shape index (κ3) is 6.58. The van der Waals surface area contributed by atoms with Gasteiger partial charge in [-0.25, -0.2) is 9.38 Å². The van der Waals surface area contributed by atoms with Gasteiger partial charge in [0.2, 0.25) is 5.82 Å². The Morgan fingerprint density at radius 3 is 2.71 bits per heavy atom. The molecule has 9 nitrogen and oxygen atoms in total. The second kappa shape index (κ2) is 13.6. The van der Waals surface area contributed by atoms with Crippen LogP contribution in [0.1, 0.15) is 52.9 Å². The van der Waals surface area contributed by atoms with Crippen molar-refractivity contribution >= 4 is 23.3 Å². The number of likely N-dealkylation sites (tertiary alicyclic amines) is 1. The van der Waals surface area contributed by atoms with Crippen molar-refractivity contribution in [2.45, 2.75) is 38.8 Å². The largest absolute Gasteiger partial charge is 0.494 e. The van der Waals surface area contributed by atoms with E-state index >= 15 is 0 Å². The number of halogens is 2. The number of aromatic nitrogens is 1. The summed E-state index contributed by atoms with van der Waals surface area (Å²) < 4.78 is 34.3. The summed E-state index contributed by atoms with van der Waals surface area (Å²) in [5, 5.41) is 6.48. The Labute approximate surface area is 261 Å². The second-order valence-electron chi connectivity index (χ2n) is 11.5. The number of pyridine rings is 1. The van der Waals surface area contributed by atoms with Crippen LogP contribution < -0.4 is 15.4 Å². The van der Waals surface area contributed by atoms with Crippen LogP contribution in [0.5, 0.6) is 5.75 Å². The van der Waals surface area contributed by atoms with Crippen molar-refractivity contribution in [1.29, 1.82) is 0 Å². The number of nitrogens with one attached hydrogen (secondary N) is 2. The monoisotopic (exact) mass is 613 g/mol. The topological polar surface area (TPSA) is 94.4 Å². The molecule has 0 saturated carbocycles. The van der Waals surface area contributed by atoms with Crippen molar-refractivity contribution in [3.63, 3.8) is 0 Å². The Balaban J connectivity index is 1.05. The van der Waals surface area contributed by atoms with Gasteiger partial charge in [0.15, 0.2) is 23.2 Å². The van der Waals surface area contributed by atoms with Crippen LogP contribution in [0.2, 0.25) is 0 Å². The van der Waals surface area contributed by atoms with E-state index in [4.69, 9.17) is 4.74 Å². The molecule has 4 heterocycles. The molecule has 3 aromatic rings. The molecule has 45 heavy (non-hydrogen) atoms. The predicted molar refractivity (Wildman–Crippen MR) is 170 cm³/mol. The molecule has 6 rings (SSSR count). The number of amides is 1. The Kier molecular flexibility index (Phi) is 9.16. The van der Waals surface area contributed by atoms with Crippen LogP contribution in [0.25, 0.3) is 0 Å². The van der Waals surface area contributed by atoms with Crippen molar-refractivity contribution in [1.82, 2.24) is 20.1 Å². The number of amidine groups is 2. The SMILES string of the molecule is CCc1cc(NC2=NC=CN3C2=NCC3c2ccc(OC)c(F)c2F)ccc1C(=O)NCC1CCN(Cc2cccnc2)CC1. The highest BCUT2D eigenvalue weighted by molar-refractivity contribution is 6.45. The fraction of sp³-hybridized carbons (Fsp3) is 0.353. The summed E-state index contributed by atoms with van der Waals surface area (Å²) in [7, 11) is 1.30. The molecule has 234 valence electrons. The Hall–Kier alpha value is -4.64. The Morgan fingerprint density at radius 2 is 1.96 bits per heavy atom. The molecule has 0 radical (unpaired) electrons. The van der Waals surface area contributed by atoms with Gasteiger partial charge in [0, 0.05) is 54.7 Å². The van der Waals surface area contributed by atoms with Crippen molar-refractivity contribution in [2.24, 2.45) is 15.9 Å². The third-order valence-electron chi connectivity index (χ3n) is 8.67. The van der Waals surface area contributed by atoms with Crippen LogP contribution >= 0.6 is 0 Å². The number of methoxy groups -OCH3 is 1. The number of carbonyl (C=O) groups excluding carboxylic acids is 1. The molecule has 3 aliphatic heterocycles. The molecule has 2 N–H and O–H groups in total. The minimum Gasteiger partial charge on any atom is -0.494 e. The van der Waals surface area contributed by atoms with Gasteiger partial charge in [-0.2, -0.15) is 4.39 Å². The molecule has 1 amide bonds. The lowest BCUT2D eigenvalue weighted by atomic mass is 9.96. The van der Waals surface area contributed by atoms with Gasteiger partial charge < -0.3 is 20.3 Å². The highest BCUT2D eigenvalue weighted by Crippen LogP contribution is 2.34. The van der Waals surface area contributed by atoms with Gasteiger partial charge in [0.25, 0.3) is 5.91 Å². The van der Waals surface area contributed by atoms with Crippen LogP contribution in [0.3, 0.4) is 0 Å². The van der Waals surface area contributed by atoms with Gasteiger partial charge in [-0.05, 0) is 79.7 Å². The number of hydrogen-bond acceptors (Lipinski definition) is 8. The van der Waals surface area contributed by atoms with E-state index in [1.807, 2.05) is 37.4 Å². The first-order valence-electron chi connectivity index (χ1n) is 15.3. The molecule has 2 aromatic carbocycles. The molecular formula is C34H37F2N7O2. The van der Waals surface area contributed by atoms with E-state index in [2.05, 4.69) is 36.6 Å². The minimum atomic E-state index is -1.02. The third-order valence-corrected chi connectivity index (χ3v) is 8.67. The van der Waals surface area contributed by atoms with E-state index in [-0.39, 0.29) is 23.8 Å². The molecule has 1 atom stereocenters. The van der Waals surface area contributed by atoms with Crippen LogP contribution in [-0.2, 0) is 13.0 Å². The first-order valence-corrected chi connectivity index (χ1v) is 15.3. The van der Waals surface area contributed by atoms with Gasteiger partial charge >= 0.3 is 0 Å². The zero-order chi connectivity index (χ0) is 31.3. The van der Waals surface area contributed by atoms with E-state index in [0.717, 1.165) is 43.7 Å². The van der Waals surface area contributed by atoms with Crippen molar-refractivity contribution in [3.8, 4) is 5.75 Å². The Bertz CT molecular complexity index is 1630. The van der Waals surface area contributed by atoms with Crippen LogP contribution in [0, 0.1) is 17.6 Å². The molecule has 11 heteroatoms. The molecule has 3 aliphatic rings. The minimum absolute atomic E-state index is 0.0722. The average molecular weight is 614 g/mol. The zero-order valence-electron chi connectivity index (χ0n) is 25.5. The van der Waals surface area contributed by atoms with Gasteiger partial charge in [-0.3, -0.25) is 19.7 Å². The molecular weight excluding hydrogens is 576 g/mol. The van der Waals surface area contributed by atoms with Gasteiger partial charge in [-0.15, -0.1) is 0 Å². The number of ether oxygens (including phenoxy) is 1. The molecule has 1 fully saturated rings. The van der Waals surface area contributed by atoms with E-state index in [1.54, 1.807) is 23.5 Å². The number of nitrogens with zero attached hydrogens (tertiary/aromatic N) is 5. The first-order chi connectivity index (χ1) is 21.9. The molecule has 0 spiro atoms. The van der Waals surface area contributed by atoms with Crippen LogP contribution in [0.4, 0.5) is 14.5 Å². The standard InChI is InChI=1S/C34H37F2N7O2/c1-3-24-17-25(6-7-26(24)34(44)40-19-22-10-14-42(15-11-22)21-23-5-4-12-37-18-23)41-32-33-39-20-28(43(33)16-13-38-32)27-8-9-29(45-2)31(36)30(27)35/h4-9,12-13,16-18,22,28H,3,10-11,14-15,19-21H2,1-2H3,(H,38,41)(H,40,44). The molecule has 1 aromatic heterocycles. The molecule has 0 aliphatic carbocycles. The zero-order valence-corrected chi connectivity index (χ0v) is 25.5. The lowest BCUT2D eigenvalue weighted by Gasteiger charge is -2.32. The average Bonchev–Trinajstić information content (AvgIpc) is 3.51. The number of carbonyl (C=O) groups is 1. The maximum atomic E-state index is 14.9. The van der Waals surface area contributed by atoms with Crippen molar-refractivity contribution in [3.05, 3.63) is 101 Å². The van der Waals surface area contributed by atoms with E-state index < -0.39 is 17.7 Å². The van der Waals surface area contributed by atoms with Gasteiger partial charge in [0.05, 0.1) is 19.7 Å². The summed E-state index contributed by atoms with van der Waals surface area (Å²) in [4.78, 5) is 30.7. The molecule has 1 saturated heterocycles.